The largest absolute Gasteiger partial charge is 0.468 e. The third-order valence-corrected chi connectivity index (χ3v) is 2.38. The van der Waals surface area contributed by atoms with Crippen LogP contribution in [0.5, 0.6) is 5.75 Å². The number of hydrogen-bond acceptors (Lipinski definition) is 4. The molecular weight excluding hydrogens is 240 g/mol. The molecule has 4 heteroatoms. The fourth-order valence-corrected chi connectivity index (χ4v) is 1.51. The molecule has 0 atom stereocenters. The highest BCUT2D eigenvalue weighted by Crippen LogP contribution is 2.12. The number of ether oxygens (including phenoxy) is 2. The Bertz CT molecular complexity index is 527. The first-order valence-corrected chi connectivity index (χ1v) is 5.94. The Hall–Kier alpha value is -2.33. The zero-order valence-electron chi connectivity index (χ0n) is 10.7. The zero-order chi connectivity index (χ0) is 13.3. The molecule has 0 amide bonds. The van der Waals surface area contributed by atoms with E-state index in [1.807, 2.05) is 54.6 Å². The van der Waals surface area contributed by atoms with Crippen LogP contribution in [-0.2, 0) is 4.74 Å². The van der Waals surface area contributed by atoms with Gasteiger partial charge < -0.3 is 9.47 Å². The summed E-state index contributed by atoms with van der Waals surface area (Å²) < 4.78 is 10.2. The lowest BCUT2D eigenvalue weighted by atomic mass is 10.2. The van der Waals surface area contributed by atoms with E-state index in [0.717, 1.165) is 17.0 Å². The second kappa shape index (κ2) is 7.18. The van der Waals surface area contributed by atoms with Gasteiger partial charge in [0.2, 0.25) is 0 Å². The summed E-state index contributed by atoms with van der Waals surface area (Å²) in [7, 11) is 1.59. The lowest BCUT2D eigenvalue weighted by molar-refractivity contribution is 0.0511. The molecule has 98 valence electrons. The summed E-state index contributed by atoms with van der Waals surface area (Å²) in [6, 6.07) is 17.4. The fraction of sp³-hybridized carbons (Fsp3) is 0.133. The smallest absolute Gasteiger partial charge is 0.188 e. The van der Waals surface area contributed by atoms with Crippen LogP contribution in [0.1, 0.15) is 5.56 Å². The Morgan fingerprint density at radius 2 is 1.95 bits per heavy atom. The van der Waals surface area contributed by atoms with Crippen molar-refractivity contribution in [2.75, 3.05) is 19.3 Å². The van der Waals surface area contributed by atoms with Gasteiger partial charge in [0.1, 0.15) is 5.75 Å². The molecule has 0 saturated heterocycles. The minimum absolute atomic E-state index is 0.239. The molecule has 1 N–H and O–H groups in total. The van der Waals surface area contributed by atoms with Crippen LogP contribution in [0.15, 0.2) is 59.7 Å². The molecule has 2 rings (SSSR count). The van der Waals surface area contributed by atoms with Crippen molar-refractivity contribution in [1.82, 2.24) is 0 Å². The first kappa shape index (κ1) is 13.1. The molecule has 0 unspecified atom stereocenters. The highest BCUT2D eigenvalue weighted by molar-refractivity contribution is 5.80. The second-order valence-corrected chi connectivity index (χ2v) is 3.86. The average Bonchev–Trinajstić information content (AvgIpc) is 2.47. The number of para-hydroxylation sites is 1. The monoisotopic (exact) mass is 256 g/mol. The van der Waals surface area contributed by atoms with E-state index in [9.17, 15) is 0 Å². The van der Waals surface area contributed by atoms with E-state index in [4.69, 9.17) is 9.47 Å². The van der Waals surface area contributed by atoms with Crippen LogP contribution in [0, 0.1) is 0 Å². The Kier molecular flexibility index (Phi) is 4.96. The molecule has 2 aromatic carbocycles. The summed E-state index contributed by atoms with van der Waals surface area (Å²) in [6.45, 7) is 0.239. The molecular formula is C15H16N2O2. The van der Waals surface area contributed by atoms with Crippen LogP contribution < -0.4 is 10.2 Å². The third-order valence-electron chi connectivity index (χ3n) is 2.38. The predicted molar refractivity (Wildman–Crippen MR) is 76.6 cm³/mol. The molecule has 19 heavy (non-hydrogen) atoms. The molecule has 0 aliphatic carbocycles. The number of nitrogens with one attached hydrogen (secondary N) is 1. The van der Waals surface area contributed by atoms with E-state index < -0.39 is 0 Å². The van der Waals surface area contributed by atoms with Crippen molar-refractivity contribution in [3.8, 4) is 5.75 Å². The topological polar surface area (TPSA) is 42.9 Å². The highest BCUT2D eigenvalue weighted by atomic mass is 16.7. The van der Waals surface area contributed by atoms with Gasteiger partial charge in [-0.25, -0.2) is 0 Å². The summed E-state index contributed by atoms with van der Waals surface area (Å²) in [5.41, 5.74) is 4.86. The maximum absolute atomic E-state index is 5.36. The van der Waals surface area contributed by atoms with Gasteiger partial charge in [-0.15, -0.1) is 0 Å². The van der Waals surface area contributed by atoms with Crippen LogP contribution >= 0.6 is 0 Å². The number of rotatable bonds is 6. The van der Waals surface area contributed by atoms with E-state index in [1.165, 1.54) is 0 Å². The van der Waals surface area contributed by atoms with Crippen LogP contribution in [-0.4, -0.2) is 20.1 Å². The molecule has 0 aliphatic rings. The van der Waals surface area contributed by atoms with Gasteiger partial charge in [0, 0.05) is 7.11 Å². The van der Waals surface area contributed by atoms with E-state index in [0.29, 0.717) is 0 Å². The van der Waals surface area contributed by atoms with Gasteiger partial charge in [0.15, 0.2) is 6.79 Å². The Morgan fingerprint density at radius 3 is 2.74 bits per heavy atom. The summed E-state index contributed by atoms with van der Waals surface area (Å²) in [5.74, 6) is 0.755. The molecule has 0 aromatic heterocycles. The van der Waals surface area contributed by atoms with Crippen LogP contribution in [0.4, 0.5) is 5.69 Å². The Morgan fingerprint density at radius 1 is 1.11 bits per heavy atom. The molecule has 4 nitrogen and oxygen atoms in total. The number of benzene rings is 2. The van der Waals surface area contributed by atoms with Crippen molar-refractivity contribution < 1.29 is 9.47 Å². The lowest BCUT2D eigenvalue weighted by Gasteiger charge is -2.04. The molecule has 0 saturated carbocycles. The van der Waals surface area contributed by atoms with Gasteiger partial charge in [-0.2, -0.15) is 5.10 Å². The standard InChI is InChI=1S/C15H16N2O2/c1-18-12-19-15-9-5-6-13(10-15)11-16-17-14-7-3-2-4-8-14/h2-11,17H,12H2,1H3. The van der Waals surface area contributed by atoms with Crippen LogP contribution in [0.25, 0.3) is 0 Å². The van der Waals surface area contributed by atoms with Gasteiger partial charge >= 0.3 is 0 Å². The third kappa shape index (κ3) is 4.44. The van der Waals surface area contributed by atoms with Gasteiger partial charge in [-0.3, -0.25) is 5.43 Å². The lowest BCUT2D eigenvalue weighted by Crippen LogP contribution is -1.99. The van der Waals surface area contributed by atoms with Gasteiger partial charge in [0.25, 0.3) is 0 Å². The minimum Gasteiger partial charge on any atom is -0.468 e. The summed E-state index contributed by atoms with van der Waals surface area (Å²) in [5, 5.41) is 4.17. The van der Waals surface area contributed by atoms with Crippen molar-refractivity contribution in [3.05, 3.63) is 60.2 Å². The molecule has 0 radical (unpaired) electrons. The normalized spacial score (nSPS) is 10.6. The number of hydrogen-bond donors (Lipinski definition) is 1. The van der Waals surface area contributed by atoms with Gasteiger partial charge in [-0.1, -0.05) is 30.3 Å². The van der Waals surface area contributed by atoms with Crippen LogP contribution in [0.2, 0.25) is 0 Å². The van der Waals surface area contributed by atoms with Crippen LogP contribution in [0.3, 0.4) is 0 Å². The first-order valence-electron chi connectivity index (χ1n) is 5.94. The van der Waals surface area contributed by atoms with Crippen molar-refractivity contribution in [3.63, 3.8) is 0 Å². The highest BCUT2D eigenvalue weighted by Gasteiger charge is 1.94. The minimum atomic E-state index is 0.239. The van der Waals surface area contributed by atoms with E-state index in [-0.39, 0.29) is 6.79 Å². The number of hydrazone groups is 1. The number of nitrogens with zero attached hydrogens (tertiary/aromatic N) is 1. The quantitative estimate of drug-likeness (QED) is 0.490. The van der Waals surface area contributed by atoms with Crippen molar-refractivity contribution >= 4 is 11.9 Å². The molecule has 0 heterocycles. The van der Waals surface area contributed by atoms with Gasteiger partial charge in [0.05, 0.1) is 11.9 Å². The Labute approximate surface area is 112 Å². The SMILES string of the molecule is COCOc1cccc(C=NNc2ccccc2)c1. The van der Waals surface area contributed by atoms with E-state index in [1.54, 1.807) is 13.3 Å². The number of anilines is 1. The zero-order valence-corrected chi connectivity index (χ0v) is 10.7. The maximum Gasteiger partial charge on any atom is 0.188 e. The Balaban J connectivity index is 1.95. The average molecular weight is 256 g/mol. The second-order valence-electron chi connectivity index (χ2n) is 3.86. The predicted octanol–water partition coefficient (Wildman–Crippen LogP) is 3.12. The maximum atomic E-state index is 5.36. The summed E-state index contributed by atoms with van der Waals surface area (Å²) in [4.78, 5) is 0. The van der Waals surface area contributed by atoms with E-state index >= 15 is 0 Å². The number of methoxy groups -OCH3 is 1. The van der Waals surface area contributed by atoms with E-state index in [2.05, 4.69) is 10.5 Å². The fourth-order valence-electron chi connectivity index (χ4n) is 1.51. The van der Waals surface area contributed by atoms with Crippen molar-refractivity contribution in [2.24, 2.45) is 5.10 Å². The van der Waals surface area contributed by atoms with Crippen molar-refractivity contribution in [1.29, 1.82) is 0 Å². The van der Waals surface area contributed by atoms with Crippen molar-refractivity contribution in [2.45, 2.75) is 0 Å². The molecule has 0 fully saturated rings. The summed E-state index contributed by atoms with van der Waals surface area (Å²) in [6.07, 6.45) is 1.74. The molecule has 0 aliphatic heterocycles. The van der Waals surface area contributed by atoms with Gasteiger partial charge in [-0.05, 0) is 29.8 Å². The molecule has 2 aromatic rings. The summed E-state index contributed by atoms with van der Waals surface area (Å²) >= 11 is 0. The first-order chi connectivity index (χ1) is 9.38. The molecule has 0 spiro atoms. The molecule has 0 bridgehead atoms.